The van der Waals surface area contributed by atoms with Crippen molar-refractivity contribution in [3.8, 4) is 34.0 Å². The Morgan fingerprint density at radius 2 is 1.91 bits per heavy atom. The van der Waals surface area contributed by atoms with Gasteiger partial charge in [-0.15, -0.1) is 0 Å². The maximum absolute atomic E-state index is 12.2. The van der Waals surface area contributed by atoms with Crippen molar-refractivity contribution >= 4 is 0 Å². The lowest BCUT2D eigenvalue weighted by molar-refractivity contribution is 0.433. The molecule has 0 atom stereocenters. The van der Waals surface area contributed by atoms with Crippen LogP contribution in [0.4, 0.5) is 0 Å². The highest BCUT2D eigenvalue weighted by molar-refractivity contribution is 5.68. The Balaban J connectivity index is 0.00000259. The van der Waals surface area contributed by atoms with Gasteiger partial charge in [-0.1, -0.05) is 29.4 Å². The summed E-state index contributed by atoms with van der Waals surface area (Å²) in [6, 6.07) is 13.5. The Bertz CT molecular complexity index is 1310. The van der Waals surface area contributed by atoms with Crippen LogP contribution in [0.25, 0.3) is 34.0 Å². The molecule has 4 aromatic rings. The smallest absolute Gasteiger partial charge is 0.250 e. The van der Waals surface area contributed by atoms with Crippen LogP contribution in [-0.2, 0) is 13.1 Å². The molecular formula is C25H27N5O2. The van der Waals surface area contributed by atoms with Gasteiger partial charge in [0.1, 0.15) is 11.4 Å². The van der Waals surface area contributed by atoms with Gasteiger partial charge in [-0.3, -0.25) is 9.78 Å². The van der Waals surface area contributed by atoms with Gasteiger partial charge >= 0.3 is 0 Å². The highest BCUT2D eigenvalue weighted by atomic mass is 16.5. The van der Waals surface area contributed by atoms with Crippen LogP contribution in [0.1, 0.15) is 25.5 Å². The van der Waals surface area contributed by atoms with E-state index in [0.29, 0.717) is 23.1 Å². The fourth-order valence-corrected chi connectivity index (χ4v) is 3.75. The van der Waals surface area contributed by atoms with Crippen LogP contribution in [0.2, 0.25) is 0 Å². The Labute approximate surface area is 187 Å². The summed E-state index contributed by atoms with van der Waals surface area (Å²) in [5.41, 5.74) is 5.91. The van der Waals surface area contributed by atoms with E-state index in [1.807, 2.05) is 38.4 Å². The van der Waals surface area contributed by atoms with E-state index in [0.717, 1.165) is 35.6 Å². The summed E-state index contributed by atoms with van der Waals surface area (Å²) < 4.78 is 7.41. The van der Waals surface area contributed by atoms with Crippen molar-refractivity contribution in [2.24, 2.45) is 5.92 Å². The molecule has 0 aliphatic heterocycles. The Hall–Kier alpha value is -3.58. The molecule has 0 saturated heterocycles. The number of aromatic nitrogens is 4. The van der Waals surface area contributed by atoms with Crippen molar-refractivity contribution in [1.82, 2.24) is 25.0 Å². The van der Waals surface area contributed by atoms with Gasteiger partial charge in [0.15, 0.2) is 5.76 Å². The lowest BCUT2D eigenvalue weighted by Gasteiger charge is -2.08. The maximum Gasteiger partial charge on any atom is 0.250 e. The zero-order valence-corrected chi connectivity index (χ0v) is 18.2. The third kappa shape index (κ3) is 4.24. The summed E-state index contributed by atoms with van der Waals surface area (Å²) >= 11 is 0. The zero-order chi connectivity index (χ0) is 22.1. The lowest BCUT2D eigenvalue weighted by Crippen LogP contribution is -2.19. The first-order valence-corrected chi connectivity index (χ1v) is 10.9. The molecule has 3 heterocycles. The number of nitrogens with one attached hydrogen (secondary N) is 1. The van der Waals surface area contributed by atoms with Crippen LogP contribution in [0.15, 0.2) is 64.2 Å². The average Bonchev–Trinajstić information content (AvgIpc) is 3.49. The quantitative estimate of drug-likeness (QED) is 0.471. The highest BCUT2D eigenvalue weighted by Crippen LogP contribution is 2.31. The second-order valence-corrected chi connectivity index (χ2v) is 8.34. The Kier molecular flexibility index (Phi) is 5.41. The molecule has 5 rings (SSSR count). The predicted octanol–water partition coefficient (Wildman–Crippen LogP) is 4.31. The third-order valence-corrected chi connectivity index (χ3v) is 5.76. The fraction of sp³-hybridized carbons (Fsp3) is 0.280. The lowest BCUT2D eigenvalue weighted by atomic mass is 10.1. The Morgan fingerprint density at radius 1 is 1.12 bits per heavy atom. The molecule has 1 aliphatic carbocycles. The van der Waals surface area contributed by atoms with Gasteiger partial charge in [0.2, 0.25) is 0 Å². The van der Waals surface area contributed by atoms with Gasteiger partial charge in [-0.05, 0) is 44.4 Å². The van der Waals surface area contributed by atoms with Gasteiger partial charge in [0.05, 0.1) is 17.6 Å². The molecule has 7 nitrogen and oxygen atoms in total. The Morgan fingerprint density at radius 3 is 2.66 bits per heavy atom. The van der Waals surface area contributed by atoms with E-state index >= 15 is 0 Å². The summed E-state index contributed by atoms with van der Waals surface area (Å²) in [5.74, 6) is 1.18. The molecule has 1 aromatic carbocycles. The molecule has 0 radical (unpaired) electrons. The van der Waals surface area contributed by atoms with Gasteiger partial charge in [0, 0.05) is 44.0 Å². The molecule has 1 aliphatic rings. The average molecular weight is 430 g/mol. The van der Waals surface area contributed by atoms with Gasteiger partial charge in [-0.25, -0.2) is 4.98 Å². The minimum Gasteiger partial charge on any atom is -0.354 e. The number of nitrogens with zero attached hydrogens (tertiary/aromatic N) is 4. The molecule has 0 bridgehead atoms. The number of pyridine rings is 1. The maximum atomic E-state index is 12.2. The van der Waals surface area contributed by atoms with Gasteiger partial charge in [-0.2, -0.15) is 0 Å². The van der Waals surface area contributed by atoms with E-state index in [-0.39, 0.29) is 6.99 Å². The van der Waals surface area contributed by atoms with Crippen LogP contribution < -0.4 is 10.9 Å². The summed E-state index contributed by atoms with van der Waals surface area (Å²) in [5, 5.41) is 7.39. The molecule has 1 saturated carbocycles. The molecule has 3 aromatic heterocycles. The molecule has 0 spiro atoms. The molecule has 164 valence electrons. The van der Waals surface area contributed by atoms with Gasteiger partial charge in [0.25, 0.3) is 5.56 Å². The zero-order valence-electron chi connectivity index (χ0n) is 18.2. The van der Waals surface area contributed by atoms with E-state index in [1.54, 1.807) is 22.9 Å². The van der Waals surface area contributed by atoms with E-state index in [4.69, 9.17) is 9.51 Å². The first-order valence-electron chi connectivity index (χ1n) is 10.9. The largest absolute Gasteiger partial charge is 0.354 e. The highest BCUT2D eigenvalue weighted by Gasteiger charge is 2.22. The fourth-order valence-electron chi connectivity index (χ4n) is 3.75. The normalized spacial score (nSPS) is 13.4. The molecule has 1 N–H and O–H groups in total. The molecular weight excluding hydrogens is 402 g/mol. The molecule has 7 heteroatoms. The number of hydrogen-bond acceptors (Lipinski definition) is 6. The first-order chi connectivity index (χ1) is 15.6. The van der Waals surface area contributed by atoms with Crippen LogP contribution in [0.3, 0.4) is 0 Å². The number of rotatable bonds is 7. The first kappa shape index (κ1) is 20.3. The van der Waals surface area contributed by atoms with Crippen molar-refractivity contribution in [3.05, 3.63) is 76.5 Å². The predicted molar refractivity (Wildman–Crippen MR) is 125 cm³/mol. The second kappa shape index (κ2) is 8.51. The van der Waals surface area contributed by atoms with E-state index in [9.17, 15) is 4.79 Å². The number of aryl methyl sites for hydroxylation is 1. The van der Waals surface area contributed by atoms with E-state index in [2.05, 4.69) is 27.6 Å². The van der Waals surface area contributed by atoms with Crippen LogP contribution in [0.5, 0.6) is 0 Å². The number of benzene rings is 1. The van der Waals surface area contributed by atoms with E-state index in [1.165, 1.54) is 18.4 Å². The summed E-state index contributed by atoms with van der Waals surface area (Å²) in [7, 11) is 1.93. The van der Waals surface area contributed by atoms with Crippen LogP contribution >= 0.6 is 0 Å². The van der Waals surface area contributed by atoms with Crippen molar-refractivity contribution < 1.29 is 5.95 Å². The monoisotopic (exact) mass is 429 g/mol. The minimum absolute atomic E-state index is 0. The topological polar surface area (TPSA) is 85.8 Å². The van der Waals surface area contributed by atoms with E-state index < -0.39 is 0 Å². The van der Waals surface area contributed by atoms with Crippen molar-refractivity contribution in [2.75, 3.05) is 7.05 Å². The van der Waals surface area contributed by atoms with Crippen molar-refractivity contribution in [2.45, 2.75) is 32.9 Å². The third-order valence-electron chi connectivity index (χ3n) is 5.76. The molecule has 0 unspecified atom stereocenters. The summed E-state index contributed by atoms with van der Waals surface area (Å²) in [6.45, 7) is 3.48. The molecule has 32 heavy (non-hydrogen) atoms. The summed E-state index contributed by atoms with van der Waals surface area (Å²) in [6.07, 6.45) is 5.99. The van der Waals surface area contributed by atoms with Crippen molar-refractivity contribution in [3.63, 3.8) is 0 Å². The second-order valence-electron chi connectivity index (χ2n) is 8.34. The standard InChI is InChI=1S/C25H25N5O2.H2/c1-16-25(23-11-21(29-32-23)19-7-5-17(6-8-19)12-26-2)28-22(13-27-16)20-9-10-24(31)30(15-20)14-18-3-4-18;/h5-11,13,15,18,26H,3-4,12,14H2,1-2H3;1H. The number of hydrogen-bond donors (Lipinski definition) is 1. The SMILES string of the molecule is CNCc1ccc(-c2cc(-c3nc(-c4ccc(=O)n(CC5CC5)c4)cnc3C)on2)cc1.[HH]. The molecule has 0 amide bonds. The van der Waals surface area contributed by atoms with Crippen molar-refractivity contribution in [1.29, 1.82) is 0 Å². The molecule has 1 fully saturated rings. The van der Waals surface area contributed by atoms with Crippen LogP contribution in [-0.4, -0.2) is 26.7 Å². The summed E-state index contributed by atoms with van der Waals surface area (Å²) in [4.78, 5) is 21.5. The van der Waals surface area contributed by atoms with Gasteiger partial charge < -0.3 is 14.4 Å². The van der Waals surface area contributed by atoms with Crippen LogP contribution in [0, 0.1) is 12.8 Å². The minimum atomic E-state index is 0.